The summed E-state index contributed by atoms with van der Waals surface area (Å²) in [7, 11) is -3.68. The molecule has 10 nitrogen and oxygen atoms in total. The van der Waals surface area contributed by atoms with Crippen LogP contribution in [0.15, 0.2) is 53.4 Å². The van der Waals surface area contributed by atoms with Gasteiger partial charge < -0.3 is 14.4 Å². The van der Waals surface area contributed by atoms with Crippen molar-refractivity contribution in [3.63, 3.8) is 0 Å². The summed E-state index contributed by atoms with van der Waals surface area (Å²) in [6.07, 6.45) is 0. The molecule has 0 radical (unpaired) electrons. The summed E-state index contributed by atoms with van der Waals surface area (Å²) in [4.78, 5) is 24.5. The average molecular weight is 449 g/mol. The second-order valence-corrected chi connectivity index (χ2v) is 8.64. The van der Waals surface area contributed by atoms with Gasteiger partial charge in [-0.25, -0.2) is 8.42 Å². The monoisotopic (exact) mass is 449 g/mol. The highest BCUT2D eigenvalue weighted by molar-refractivity contribution is 7.89. The highest BCUT2D eigenvalue weighted by atomic mass is 32.2. The van der Waals surface area contributed by atoms with E-state index >= 15 is 0 Å². The largest absolute Gasteiger partial charge is 0.494 e. The third kappa shape index (κ3) is 5.30. The van der Waals surface area contributed by atoms with E-state index in [-0.39, 0.29) is 55.0 Å². The van der Waals surface area contributed by atoms with E-state index in [0.29, 0.717) is 12.4 Å². The number of hydrogen-bond acceptors (Lipinski definition) is 7. The van der Waals surface area contributed by atoms with Gasteiger partial charge in [0, 0.05) is 32.2 Å². The molecule has 0 aliphatic carbocycles. The van der Waals surface area contributed by atoms with E-state index < -0.39 is 14.9 Å². The summed E-state index contributed by atoms with van der Waals surface area (Å²) in [5, 5.41) is 11.0. The number of amides is 1. The minimum atomic E-state index is -3.68. The van der Waals surface area contributed by atoms with Gasteiger partial charge in [0.2, 0.25) is 10.0 Å². The fourth-order valence-corrected chi connectivity index (χ4v) is 4.58. The molecule has 11 heteroatoms. The number of nitro benzene ring substituents is 1. The lowest BCUT2D eigenvalue weighted by Crippen LogP contribution is -2.51. The number of nitro groups is 1. The fourth-order valence-electron chi connectivity index (χ4n) is 3.16. The van der Waals surface area contributed by atoms with Crippen molar-refractivity contribution in [3.05, 3.63) is 58.6 Å². The smallest absolute Gasteiger partial charge is 0.310 e. The van der Waals surface area contributed by atoms with Crippen LogP contribution in [0.4, 0.5) is 5.69 Å². The Balaban J connectivity index is 1.56. The molecule has 0 saturated carbocycles. The topological polar surface area (TPSA) is 119 Å². The van der Waals surface area contributed by atoms with Gasteiger partial charge in [0.1, 0.15) is 5.75 Å². The minimum Gasteiger partial charge on any atom is -0.494 e. The van der Waals surface area contributed by atoms with Crippen LogP contribution < -0.4 is 9.47 Å². The Kier molecular flexibility index (Phi) is 7.08. The molecule has 0 unspecified atom stereocenters. The van der Waals surface area contributed by atoms with Crippen LogP contribution in [0, 0.1) is 10.1 Å². The summed E-state index contributed by atoms with van der Waals surface area (Å²) >= 11 is 0. The lowest BCUT2D eigenvalue weighted by Gasteiger charge is -2.34. The first-order valence-corrected chi connectivity index (χ1v) is 11.1. The van der Waals surface area contributed by atoms with Crippen molar-refractivity contribution in [1.29, 1.82) is 0 Å². The average Bonchev–Trinajstić information content (AvgIpc) is 2.78. The van der Waals surface area contributed by atoms with Gasteiger partial charge in [0.15, 0.2) is 12.4 Å². The van der Waals surface area contributed by atoms with Crippen molar-refractivity contribution in [2.24, 2.45) is 0 Å². The maximum Gasteiger partial charge on any atom is 0.310 e. The van der Waals surface area contributed by atoms with E-state index in [1.165, 1.54) is 39.5 Å². The molecule has 1 heterocycles. The number of carbonyl (C=O) groups is 1. The number of piperazine rings is 1. The van der Waals surface area contributed by atoms with E-state index in [4.69, 9.17) is 9.47 Å². The molecule has 1 aliphatic heterocycles. The van der Waals surface area contributed by atoms with Crippen LogP contribution in [0.25, 0.3) is 0 Å². The number of nitrogens with zero attached hydrogens (tertiary/aromatic N) is 3. The van der Waals surface area contributed by atoms with Crippen molar-refractivity contribution in [2.45, 2.75) is 11.8 Å². The first-order valence-electron chi connectivity index (χ1n) is 9.70. The standard InChI is InChI=1S/C20H23N3O7S/c1-2-29-16-7-9-17(10-8-16)31(27,28)22-13-11-21(12-14-22)20(24)15-30-19-6-4-3-5-18(19)23(25)26/h3-10H,2,11-15H2,1H3. The van der Waals surface area contributed by atoms with Gasteiger partial charge in [0.05, 0.1) is 16.4 Å². The molecule has 2 aromatic rings. The van der Waals surface area contributed by atoms with Crippen molar-refractivity contribution in [1.82, 2.24) is 9.21 Å². The Labute approximate surface area is 180 Å². The summed E-state index contributed by atoms with van der Waals surface area (Å²) in [6.45, 7) is 2.67. The van der Waals surface area contributed by atoms with Gasteiger partial charge in [0.25, 0.3) is 5.91 Å². The van der Waals surface area contributed by atoms with E-state index in [2.05, 4.69) is 0 Å². The zero-order valence-corrected chi connectivity index (χ0v) is 17.8. The number of carbonyl (C=O) groups excluding carboxylic acids is 1. The second-order valence-electron chi connectivity index (χ2n) is 6.70. The van der Waals surface area contributed by atoms with Crippen LogP contribution in [-0.4, -0.2) is 67.8 Å². The maximum atomic E-state index is 12.8. The van der Waals surface area contributed by atoms with Crippen LogP contribution in [0.1, 0.15) is 6.92 Å². The van der Waals surface area contributed by atoms with Gasteiger partial charge >= 0.3 is 5.69 Å². The van der Waals surface area contributed by atoms with E-state index in [1.54, 1.807) is 18.2 Å². The Morgan fingerprint density at radius 2 is 1.68 bits per heavy atom. The molecule has 0 N–H and O–H groups in total. The quantitative estimate of drug-likeness (QED) is 0.446. The van der Waals surface area contributed by atoms with Gasteiger partial charge in [-0.2, -0.15) is 4.31 Å². The maximum absolute atomic E-state index is 12.8. The van der Waals surface area contributed by atoms with Gasteiger partial charge in [-0.05, 0) is 37.3 Å². The molecule has 1 amide bonds. The van der Waals surface area contributed by atoms with Crippen LogP contribution >= 0.6 is 0 Å². The van der Waals surface area contributed by atoms with Gasteiger partial charge in [-0.1, -0.05) is 12.1 Å². The molecule has 31 heavy (non-hydrogen) atoms. The molecule has 3 rings (SSSR count). The zero-order valence-electron chi connectivity index (χ0n) is 17.0. The van der Waals surface area contributed by atoms with Crippen LogP contribution in [0.2, 0.25) is 0 Å². The Bertz CT molecular complexity index is 1030. The molecule has 166 valence electrons. The number of ether oxygens (including phenoxy) is 2. The van der Waals surface area contributed by atoms with Gasteiger partial charge in [-0.15, -0.1) is 0 Å². The lowest BCUT2D eigenvalue weighted by molar-refractivity contribution is -0.385. The summed E-state index contributed by atoms with van der Waals surface area (Å²) < 4.78 is 37.7. The zero-order chi connectivity index (χ0) is 22.4. The minimum absolute atomic E-state index is 0.0116. The van der Waals surface area contributed by atoms with E-state index in [0.717, 1.165) is 0 Å². The van der Waals surface area contributed by atoms with Gasteiger partial charge in [-0.3, -0.25) is 14.9 Å². The molecule has 0 bridgehead atoms. The molecular weight excluding hydrogens is 426 g/mol. The Morgan fingerprint density at radius 3 is 2.29 bits per heavy atom. The van der Waals surface area contributed by atoms with Crippen LogP contribution in [0.3, 0.4) is 0 Å². The summed E-state index contributed by atoms with van der Waals surface area (Å²) in [6, 6.07) is 12.0. The number of para-hydroxylation sites is 2. The molecule has 0 atom stereocenters. The van der Waals surface area contributed by atoms with Crippen molar-refractivity contribution >= 4 is 21.6 Å². The molecule has 1 fully saturated rings. The SMILES string of the molecule is CCOc1ccc(S(=O)(=O)N2CCN(C(=O)COc3ccccc3[N+](=O)[O-])CC2)cc1. The van der Waals surface area contributed by atoms with Crippen molar-refractivity contribution in [3.8, 4) is 11.5 Å². The third-order valence-corrected chi connectivity index (χ3v) is 6.69. The lowest BCUT2D eigenvalue weighted by atomic mass is 10.3. The molecule has 0 spiro atoms. The van der Waals surface area contributed by atoms with Crippen LogP contribution in [0.5, 0.6) is 11.5 Å². The first kappa shape index (κ1) is 22.5. The first-order chi connectivity index (χ1) is 14.8. The molecule has 0 aromatic heterocycles. The molecule has 1 saturated heterocycles. The number of hydrogen-bond donors (Lipinski definition) is 0. The van der Waals surface area contributed by atoms with Crippen molar-refractivity contribution < 1.29 is 27.6 Å². The van der Waals surface area contributed by atoms with Crippen LogP contribution in [-0.2, 0) is 14.8 Å². The highest BCUT2D eigenvalue weighted by Crippen LogP contribution is 2.26. The van der Waals surface area contributed by atoms with Crippen molar-refractivity contribution in [2.75, 3.05) is 39.4 Å². The highest BCUT2D eigenvalue weighted by Gasteiger charge is 2.30. The number of sulfonamides is 1. The Hall–Kier alpha value is -3.18. The Morgan fingerprint density at radius 1 is 1.03 bits per heavy atom. The summed E-state index contributed by atoms with van der Waals surface area (Å²) in [5.41, 5.74) is -0.221. The molecule has 1 aliphatic rings. The normalized spacial score (nSPS) is 14.8. The predicted molar refractivity (Wildman–Crippen MR) is 112 cm³/mol. The third-order valence-electron chi connectivity index (χ3n) is 4.78. The molecule has 2 aromatic carbocycles. The molecular formula is C20H23N3O7S. The number of rotatable bonds is 8. The van der Waals surface area contributed by atoms with E-state index in [9.17, 15) is 23.3 Å². The van der Waals surface area contributed by atoms with E-state index in [1.807, 2.05) is 6.92 Å². The predicted octanol–water partition coefficient (Wildman–Crippen LogP) is 1.91. The fraction of sp³-hybridized carbons (Fsp3) is 0.350. The summed E-state index contributed by atoms with van der Waals surface area (Å²) in [5.74, 6) is 0.240. The second kappa shape index (κ2) is 9.75. The number of benzene rings is 2.